The standard InChI is InChI=1S/C15H17F2NO.C11H24.C7H12O/c1-10(9-11(2)18-4)14(19)12-5-7-13(8-6-12)15(3,16)17;1-5-8-11(9-6-2)10(4)7-3;1-4-6(3)7(8)5-2/h5-9H,1-4H3;10-11H,5-9H2,1-4H3;5-6H,2,4H2,1,3H3/b10-9+,18-11?;;. The van der Waals surface area contributed by atoms with Crippen molar-refractivity contribution in [1.29, 1.82) is 0 Å². The van der Waals surface area contributed by atoms with Crippen molar-refractivity contribution in [3.8, 4) is 0 Å². The fourth-order valence-corrected chi connectivity index (χ4v) is 3.78. The summed E-state index contributed by atoms with van der Waals surface area (Å²) < 4.78 is 26.1. The lowest BCUT2D eigenvalue weighted by molar-refractivity contribution is -0.117. The molecule has 0 amide bonds. The number of benzene rings is 1. The molecule has 0 heterocycles. The summed E-state index contributed by atoms with van der Waals surface area (Å²) in [5.41, 5.74) is 1.56. The second-order valence-electron chi connectivity index (χ2n) is 10.1. The molecule has 38 heavy (non-hydrogen) atoms. The van der Waals surface area contributed by atoms with Crippen molar-refractivity contribution in [1.82, 2.24) is 0 Å². The summed E-state index contributed by atoms with van der Waals surface area (Å²) in [6.45, 7) is 20.9. The molecule has 1 rings (SSSR count). The van der Waals surface area contributed by atoms with Crippen LogP contribution in [-0.2, 0) is 10.7 Å². The van der Waals surface area contributed by atoms with E-state index in [0.717, 1.165) is 30.9 Å². The van der Waals surface area contributed by atoms with E-state index >= 15 is 0 Å². The normalized spacial score (nSPS) is 13.5. The molecule has 0 aliphatic carbocycles. The summed E-state index contributed by atoms with van der Waals surface area (Å²) in [4.78, 5) is 26.6. The van der Waals surface area contributed by atoms with Gasteiger partial charge in [0, 0.05) is 36.7 Å². The average molecular weight is 534 g/mol. The number of hydrogen-bond acceptors (Lipinski definition) is 3. The van der Waals surface area contributed by atoms with Crippen LogP contribution in [0.1, 0.15) is 117 Å². The zero-order chi connectivity index (χ0) is 29.9. The molecule has 0 fully saturated rings. The Balaban J connectivity index is 0. The monoisotopic (exact) mass is 533 g/mol. The Kier molecular flexibility index (Phi) is 20.4. The molecular formula is C33H53F2NO2. The van der Waals surface area contributed by atoms with Gasteiger partial charge in [0.15, 0.2) is 11.6 Å². The Morgan fingerprint density at radius 3 is 1.79 bits per heavy atom. The number of nitrogens with zero attached hydrogens (tertiary/aromatic N) is 1. The number of allylic oxidation sites excluding steroid dienone is 3. The van der Waals surface area contributed by atoms with Gasteiger partial charge in [0.1, 0.15) is 0 Å². The number of carbonyl (C=O) groups excluding carboxylic acids is 2. The van der Waals surface area contributed by atoms with Crippen LogP contribution in [0, 0.1) is 17.8 Å². The van der Waals surface area contributed by atoms with E-state index in [9.17, 15) is 18.4 Å². The number of rotatable bonds is 13. The van der Waals surface area contributed by atoms with Gasteiger partial charge < -0.3 is 0 Å². The average Bonchev–Trinajstić information content (AvgIpc) is 2.91. The zero-order valence-electron chi connectivity index (χ0n) is 25.7. The van der Waals surface area contributed by atoms with E-state index in [4.69, 9.17) is 0 Å². The van der Waals surface area contributed by atoms with Gasteiger partial charge in [-0.25, -0.2) is 8.78 Å². The number of Topliss-reactive ketones (excluding diaryl/α,β-unsaturated/α-hetero) is 1. The van der Waals surface area contributed by atoms with Crippen molar-refractivity contribution in [2.75, 3.05) is 7.05 Å². The van der Waals surface area contributed by atoms with Gasteiger partial charge in [0.2, 0.25) is 0 Å². The SMILES string of the molecule is C=CC(=O)C(C)CC.CCCC(CCC)C(C)CC.CN=C(C)/C=C(\C)C(=O)c1ccc(C(C)(F)F)cc1. The molecule has 0 aromatic heterocycles. The van der Waals surface area contributed by atoms with Gasteiger partial charge in [-0.3, -0.25) is 14.6 Å². The second-order valence-corrected chi connectivity index (χ2v) is 10.1. The van der Waals surface area contributed by atoms with Crippen LogP contribution in [-0.4, -0.2) is 24.3 Å². The van der Waals surface area contributed by atoms with Crippen molar-refractivity contribution in [3.63, 3.8) is 0 Å². The smallest absolute Gasteiger partial charge is 0.270 e. The highest BCUT2D eigenvalue weighted by atomic mass is 19.3. The zero-order valence-corrected chi connectivity index (χ0v) is 25.7. The van der Waals surface area contributed by atoms with E-state index in [-0.39, 0.29) is 23.0 Å². The number of alkyl halides is 2. The molecule has 0 aliphatic heterocycles. The molecule has 0 radical (unpaired) electrons. The molecule has 0 N–H and O–H groups in total. The van der Waals surface area contributed by atoms with Gasteiger partial charge in [-0.1, -0.05) is 104 Å². The van der Waals surface area contributed by atoms with Crippen LogP contribution in [0.2, 0.25) is 0 Å². The molecule has 0 saturated carbocycles. The van der Waals surface area contributed by atoms with Gasteiger partial charge in [0.05, 0.1) is 0 Å². The molecule has 0 aliphatic rings. The first-order valence-electron chi connectivity index (χ1n) is 14.0. The van der Waals surface area contributed by atoms with E-state index in [1.54, 1.807) is 27.0 Å². The highest BCUT2D eigenvalue weighted by Gasteiger charge is 2.24. The molecular weight excluding hydrogens is 480 g/mol. The van der Waals surface area contributed by atoms with E-state index < -0.39 is 5.92 Å². The minimum absolute atomic E-state index is 0.100. The van der Waals surface area contributed by atoms with Crippen LogP contribution >= 0.6 is 0 Å². The maximum absolute atomic E-state index is 13.1. The van der Waals surface area contributed by atoms with Gasteiger partial charge in [-0.2, -0.15) is 0 Å². The van der Waals surface area contributed by atoms with Gasteiger partial charge in [-0.15, -0.1) is 0 Å². The molecule has 0 saturated heterocycles. The van der Waals surface area contributed by atoms with Gasteiger partial charge >= 0.3 is 0 Å². The van der Waals surface area contributed by atoms with Crippen molar-refractivity contribution in [2.45, 2.75) is 107 Å². The fourth-order valence-electron chi connectivity index (χ4n) is 3.78. The van der Waals surface area contributed by atoms with Crippen molar-refractivity contribution in [2.24, 2.45) is 22.7 Å². The third-order valence-electron chi connectivity index (χ3n) is 6.86. The summed E-state index contributed by atoms with van der Waals surface area (Å²) in [7, 11) is 1.64. The summed E-state index contributed by atoms with van der Waals surface area (Å²) in [5, 5.41) is 0. The van der Waals surface area contributed by atoms with Gasteiger partial charge in [0.25, 0.3) is 5.92 Å². The molecule has 1 aromatic carbocycles. The molecule has 0 spiro atoms. The molecule has 2 unspecified atom stereocenters. The minimum atomic E-state index is -2.89. The third-order valence-corrected chi connectivity index (χ3v) is 6.86. The Hall–Kier alpha value is -2.43. The lowest BCUT2D eigenvalue weighted by atomic mass is 9.85. The van der Waals surface area contributed by atoms with Crippen molar-refractivity contribution in [3.05, 3.63) is 59.7 Å². The number of carbonyl (C=O) groups is 2. The van der Waals surface area contributed by atoms with Crippen molar-refractivity contribution >= 4 is 17.3 Å². The summed E-state index contributed by atoms with van der Waals surface area (Å²) in [5.74, 6) is -0.836. The molecule has 0 bridgehead atoms. The van der Waals surface area contributed by atoms with Crippen LogP contribution in [0.4, 0.5) is 8.78 Å². The van der Waals surface area contributed by atoms with E-state index in [0.29, 0.717) is 11.1 Å². The highest BCUT2D eigenvalue weighted by Crippen LogP contribution is 2.27. The Morgan fingerprint density at radius 2 is 1.47 bits per heavy atom. The Morgan fingerprint density at radius 1 is 0.974 bits per heavy atom. The first kappa shape index (κ1) is 37.7. The lowest BCUT2D eigenvalue weighted by Crippen LogP contribution is -2.10. The maximum atomic E-state index is 13.1. The number of halogens is 2. The van der Waals surface area contributed by atoms with Crippen LogP contribution in [0.25, 0.3) is 0 Å². The molecule has 1 aromatic rings. The summed E-state index contributed by atoms with van der Waals surface area (Å²) in [6.07, 6.45) is 10.9. The van der Waals surface area contributed by atoms with Gasteiger partial charge in [-0.05, 0) is 49.8 Å². The largest absolute Gasteiger partial charge is 0.295 e. The fraction of sp³-hybridized carbons (Fsp3) is 0.606. The number of ketones is 2. The van der Waals surface area contributed by atoms with Crippen molar-refractivity contribution < 1.29 is 18.4 Å². The molecule has 216 valence electrons. The van der Waals surface area contributed by atoms with E-state index in [2.05, 4.69) is 39.3 Å². The second kappa shape index (κ2) is 20.5. The predicted molar refractivity (Wildman–Crippen MR) is 161 cm³/mol. The minimum Gasteiger partial charge on any atom is -0.295 e. The first-order valence-corrected chi connectivity index (χ1v) is 14.0. The maximum Gasteiger partial charge on any atom is 0.270 e. The van der Waals surface area contributed by atoms with Crippen LogP contribution in [0.3, 0.4) is 0 Å². The summed E-state index contributed by atoms with van der Waals surface area (Å²) in [6, 6.07) is 5.40. The molecule has 2 atom stereocenters. The Labute approximate surface area is 231 Å². The topological polar surface area (TPSA) is 46.5 Å². The van der Waals surface area contributed by atoms with E-state index in [1.165, 1.54) is 62.4 Å². The predicted octanol–water partition coefficient (Wildman–Crippen LogP) is 10.1. The number of hydrogen-bond donors (Lipinski definition) is 0. The van der Waals surface area contributed by atoms with Crippen LogP contribution in [0.15, 0.2) is 53.6 Å². The van der Waals surface area contributed by atoms with Crippen LogP contribution < -0.4 is 0 Å². The first-order chi connectivity index (χ1) is 17.7. The molecule has 5 heteroatoms. The van der Waals surface area contributed by atoms with E-state index in [1.807, 2.05) is 13.8 Å². The molecule has 3 nitrogen and oxygen atoms in total. The third kappa shape index (κ3) is 15.7. The number of aliphatic imine (C=N–C) groups is 1. The lowest BCUT2D eigenvalue weighted by Gasteiger charge is -2.21. The summed E-state index contributed by atoms with van der Waals surface area (Å²) >= 11 is 0. The Bertz CT molecular complexity index is 873. The quantitative estimate of drug-likeness (QED) is 0.144. The highest BCUT2D eigenvalue weighted by molar-refractivity contribution is 6.12. The van der Waals surface area contributed by atoms with Crippen LogP contribution in [0.5, 0.6) is 0 Å².